The average Bonchev–Trinajstić information content (AvgIpc) is 3.35. The van der Waals surface area contributed by atoms with Gasteiger partial charge in [0.05, 0.1) is 6.61 Å². The highest BCUT2D eigenvalue weighted by Gasteiger charge is 2.50. The third-order valence-electron chi connectivity index (χ3n) is 11.7. The first-order valence-electron chi connectivity index (χ1n) is 27.2. The summed E-state index contributed by atoms with van der Waals surface area (Å²) in [5, 5.41) is 31.3. The van der Waals surface area contributed by atoms with Crippen LogP contribution >= 0.6 is 0 Å². The number of aliphatic carboxylic acids is 1. The smallest absolute Gasteiger partial charge is 0.335 e. The Kier molecular flexibility index (Phi) is 42.5. The molecule has 0 aromatic heterocycles. The molecule has 0 aromatic rings. The molecule has 1 fully saturated rings. The highest BCUT2D eigenvalue weighted by atomic mass is 16.7. The van der Waals surface area contributed by atoms with Gasteiger partial charge in [-0.2, -0.15) is 0 Å². The summed E-state index contributed by atoms with van der Waals surface area (Å²) in [4.78, 5) is 50.8. The van der Waals surface area contributed by atoms with E-state index in [1.54, 1.807) is 0 Å². The Balaban J connectivity index is 2.74. The van der Waals surface area contributed by atoms with Crippen molar-refractivity contribution in [1.82, 2.24) is 0 Å². The summed E-state index contributed by atoms with van der Waals surface area (Å²) in [7, 11) is 0. The van der Waals surface area contributed by atoms with E-state index in [0.717, 1.165) is 116 Å². The Labute approximate surface area is 428 Å². The average molecular weight is 995 g/mol. The Hall–Kier alpha value is -4.36. The van der Waals surface area contributed by atoms with Crippen LogP contribution in [0.4, 0.5) is 0 Å². The van der Waals surface area contributed by atoms with Crippen LogP contribution in [0.2, 0.25) is 0 Å². The summed E-state index contributed by atoms with van der Waals surface area (Å²) in [6.07, 6.45) is 48.4. The molecule has 0 aliphatic carbocycles. The Morgan fingerprint density at radius 3 is 1.35 bits per heavy atom. The molecule has 1 saturated heterocycles. The SMILES string of the molecule is CC/C=C\C/C=C\C/C=C\C/C=C\C/C=C\CCCCCC(=O)OCC(COC1OC(C(=O)O)C(O)C(O)C1OC(=O)CCCCCCCCCCC)OC(=O)CCCCC/C=C\C/C=C\C/C=C\CC. The summed E-state index contributed by atoms with van der Waals surface area (Å²) >= 11 is 0. The van der Waals surface area contributed by atoms with Crippen LogP contribution in [0.3, 0.4) is 0 Å². The molecule has 12 nitrogen and oxygen atoms in total. The number of carbonyl (C=O) groups is 4. The van der Waals surface area contributed by atoms with Gasteiger partial charge >= 0.3 is 23.9 Å². The first-order valence-corrected chi connectivity index (χ1v) is 27.2. The number of allylic oxidation sites excluding steroid dienone is 16. The van der Waals surface area contributed by atoms with Crippen molar-refractivity contribution in [2.75, 3.05) is 13.2 Å². The quantitative estimate of drug-likeness (QED) is 0.0228. The van der Waals surface area contributed by atoms with Gasteiger partial charge in [0.1, 0.15) is 18.8 Å². The fourth-order valence-corrected chi connectivity index (χ4v) is 7.52. The number of ether oxygens (including phenoxy) is 5. The molecule has 0 bridgehead atoms. The standard InChI is InChI=1S/C59H94O12/c1-4-7-10-13-16-19-21-23-24-25-26-27-28-30-31-34-36-39-42-45-51(60)67-48-50(69-52(61)46-43-40-38-35-32-29-22-20-17-14-11-8-5-2)49-68-59-57(55(64)54(63)56(71-59)58(65)66)70-53(62)47-44-41-37-33-18-15-12-9-6-3/h7-8,10-11,16-17,19-20,23-24,26-27,29-32,50,54-57,59,63-64H,4-6,9,12-15,18,21-22,25,28,33-49H2,1-3H3,(H,65,66)/b10-7-,11-8-,19-16-,20-17-,24-23-,27-26-,31-30-,32-29-. The van der Waals surface area contributed by atoms with Crippen molar-refractivity contribution in [1.29, 1.82) is 0 Å². The van der Waals surface area contributed by atoms with Crippen LogP contribution in [0.1, 0.15) is 201 Å². The van der Waals surface area contributed by atoms with Crippen molar-refractivity contribution in [3.63, 3.8) is 0 Å². The highest BCUT2D eigenvalue weighted by Crippen LogP contribution is 2.26. The van der Waals surface area contributed by atoms with Crippen LogP contribution in [-0.4, -0.2) is 89.2 Å². The lowest BCUT2D eigenvalue weighted by Gasteiger charge is -2.40. The molecule has 0 aromatic carbocycles. The number of aliphatic hydroxyl groups excluding tert-OH is 2. The second-order valence-corrected chi connectivity index (χ2v) is 18.1. The van der Waals surface area contributed by atoms with Crippen LogP contribution < -0.4 is 0 Å². The van der Waals surface area contributed by atoms with Gasteiger partial charge in [0, 0.05) is 19.3 Å². The number of rotatable bonds is 44. The Bertz CT molecular complexity index is 1610. The number of carbonyl (C=O) groups excluding carboxylic acids is 3. The number of aliphatic hydroxyl groups is 2. The minimum atomic E-state index is -1.91. The molecule has 3 N–H and O–H groups in total. The maximum Gasteiger partial charge on any atom is 0.335 e. The van der Waals surface area contributed by atoms with Gasteiger partial charge in [-0.3, -0.25) is 14.4 Å². The fourth-order valence-electron chi connectivity index (χ4n) is 7.52. The van der Waals surface area contributed by atoms with Crippen molar-refractivity contribution in [3.05, 3.63) is 97.2 Å². The van der Waals surface area contributed by atoms with E-state index in [0.29, 0.717) is 19.3 Å². The third kappa shape index (κ3) is 37.1. The minimum absolute atomic E-state index is 0.0502. The number of unbranched alkanes of at least 4 members (excludes halogenated alkanes) is 14. The number of carboxylic acid groups (broad SMARTS) is 1. The molecule has 6 atom stereocenters. The number of hydrogen-bond acceptors (Lipinski definition) is 11. The number of esters is 3. The normalized spacial score (nSPS) is 19.3. The molecule has 1 aliphatic heterocycles. The van der Waals surface area contributed by atoms with E-state index in [1.165, 1.54) is 25.7 Å². The van der Waals surface area contributed by atoms with E-state index >= 15 is 0 Å². The summed E-state index contributed by atoms with van der Waals surface area (Å²) in [6, 6.07) is 0. The Morgan fingerprint density at radius 2 is 0.887 bits per heavy atom. The molecule has 1 rings (SSSR count). The lowest BCUT2D eigenvalue weighted by molar-refractivity contribution is -0.301. The fraction of sp³-hybridized carbons (Fsp3) is 0.661. The molecule has 0 saturated carbocycles. The molecule has 0 spiro atoms. The summed E-state index contributed by atoms with van der Waals surface area (Å²) < 4.78 is 28.2. The van der Waals surface area contributed by atoms with E-state index in [1.807, 2.05) is 0 Å². The molecule has 12 heteroatoms. The van der Waals surface area contributed by atoms with Crippen LogP contribution in [0.5, 0.6) is 0 Å². The zero-order valence-corrected chi connectivity index (χ0v) is 43.9. The van der Waals surface area contributed by atoms with Gasteiger partial charge in [-0.05, 0) is 96.3 Å². The van der Waals surface area contributed by atoms with Gasteiger partial charge < -0.3 is 39.0 Å². The third-order valence-corrected chi connectivity index (χ3v) is 11.7. The summed E-state index contributed by atoms with van der Waals surface area (Å²) in [6.45, 7) is 5.65. The van der Waals surface area contributed by atoms with E-state index < -0.39 is 67.3 Å². The van der Waals surface area contributed by atoms with Crippen LogP contribution in [0.15, 0.2) is 97.2 Å². The van der Waals surface area contributed by atoms with Crippen LogP contribution in [0.25, 0.3) is 0 Å². The predicted octanol–water partition coefficient (Wildman–Crippen LogP) is 13.3. The zero-order chi connectivity index (χ0) is 51.8. The molecule has 0 radical (unpaired) electrons. The van der Waals surface area contributed by atoms with Crippen LogP contribution in [0, 0.1) is 0 Å². The van der Waals surface area contributed by atoms with Crippen molar-refractivity contribution in [2.24, 2.45) is 0 Å². The predicted molar refractivity (Wildman–Crippen MR) is 284 cm³/mol. The molecular weight excluding hydrogens is 901 g/mol. The first kappa shape index (κ1) is 64.7. The van der Waals surface area contributed by atoms with Crippen molar-refractivity contribution >= 4 is 23.9 Å². The van der Waals surface area contributed by atoms with Crippen molar-refractivity contribution in [2.45, 2.75) is 237 Å². The van der Waals surface area contributed by atoms with Crippen molar-refractivity contribution < 1.29 is 58.2 Å². The minimum Gasteiger partial charge on any atom is -0.479 e. The molecule has 6 unspecified atom stereocenters. The zero-order valence-electron chi connectivity index (χ0n) is 43.9. The topological polar surface area (TPSA) is 175 Å². The number of carboxylic acids is 1. The first-order chi connectivity index (χ1) is 34.6. The summed E-state index contributed by atoms with van der Waals surface area (Å²) in [5.74, 6) is -3.22. The maximum absolute atomic E-state index is 13.1. The molecular formula is C59H94O12. The van der Waals surface area contributed by atoms with Gasteiger partial charge in [0.25, 0.3) is 0 Å². The molecule has 402 valence electrons. The van der Waals surface area contributed by atoms with E-state index in [9.17, 15) is 34.5 Å². The van der Waals surface area contributed by atoms with Crippen molar-refractivity contribution in [3.8, 4) is 0 Å². The molecule has 71 heavy (non-hydrogen) atoms. The van der Waals surface area contributed by atoms with Gasteiger partial charge in [-0.15, -0.1) is 0 Å². The Morgan fingerprint density at radius 1 is 0.479 bits per heavy atom. The summed E-state index contributed by atoms with van der Waals surface area (Å²) in [5.41, 5.74) is 0. The lowest BCUT2D eigenvalue weighted by atomic mass is 9.98. The second kappa shape index (κ2) is 46.7. The molecule has 1 aliphatic rings. The van der Waals surface area contributed by atoms with Gasteiger partial charge in [-0.25, -0.2) is 4.79 Å². The monoisotopic (exact) mass is 995 g/mol. The van der Waals surface area contributed by atoms with Gasteiger partial charge in [-0.1, -0.05) is 182 Å². The van der Waals surface area contributed by atoms with E-state index in [-0.39, 0.29) is 25.9 Å². The van der Waals surface area contributed by atoms with Gasteiger partial charge in [0.2, 0.25) is 0 Å². The highest BCUT2D eigenvalue weighted by molar-refractivity contribution is 5.74. The second-order valence-electron chi connectivity index (χ2n) is 18.1. The lowest BCUT2D eigenvalue weighted by Crippen LogP contribution is -2.61. The van der Waals surface area contributed by atoms with E-state index in [4.69, 9.17) is 23.7 Å². The van der Waals surface area contributed by atoms with E-state index in [2.05, 4.69) is 118 Å². The molecule has 0 amide bonds. The maximum atomic E-state index is 13.1. The largest absolute Gasteiger partial charge is 0.479 e. The van der Waals surface area contributed by atoms with Crippen LogP contribution in [-0.2, 0) is 42.9 Å². The van der Waals surface area contributed by atoms with Gasteiger partial charge in [0.15, 0.2) is 24.6 Å². The number of hydrogen-bond donors (Lipinski definition) is 3. The molecule has 1 heterocycles.